The number of hydrogen-bond acceptors (Lipinski definition) is 3. The zero-order chi connectivity index (χ0) is 18.2. The van der Waals surface area contributed by atoms with E-state index in [2.05, 4.69) is 25.2 Å². The Bertz CT molecular complexity index is 710. The number of benzene rings is 2. The average Bonchev–Trinajstić information content (AvgIpc) is 2.60. The topological polar surface area (TPSA) is 58.6 Å². The Labute approximate surface area is 149 Å². The molecular formula is C21H27NO3. The molecule has 0 radical (unpaired) electrons. The van der Waals surface area contributed by atoms with Gasteiger partial charge in [-0.3, -0.25) is 4.79 Å². The highest BCUT2D eigenvalue weighted by atomic mass is 16.5. The summed E-state index contributed by atoms with van der Waals surface area (Å²) < 4.78 is 5.74. The lowest BCUT2D eigenvalue weighted by atomic mass is 9.93. The van der Waals surface area contributed by atoms with Crippen LogP contribution < -0.4 is 10.1 Å². The fraction of sp³-hybridized carbons (Fsp3) is 0.381. The van der Waals surface area contributed by atoms with Gasteiger partial charge in [-0.1, -0.05) is 44.2 Å². The summed E-state index contributed by atoms with van der Waals surface area (Å²) in [4.78, 5) is 12.4. The number of carbonyl (C=O) groups excluding carboxylic acids is 1. The van der Waals surface area contributed by atoms with Crippen LogP contribution in [0.3, 0.4) is 0 Å². The van der Waals surface area contributed by atoms with Crippen molar-refractivity contribution in [2.75, 3.05) is 19.8 Å². The third kappa shape index (κ3) is 5.07. The fourth-order valence-electron chi connectivity index (χ4n) is 2.84. The van der Waals surface area contributed by atoms with Gasteiger partial charge in [0.25, 0.3) is 5.91 Å². The molecule has 0 atom stereocenters. The standard InChI is InChI=1S/C21H27NO3/c1-4-25-20-8-6-5-7-18(20)16-9-10-19(21(24)22-11-12-23)17(14-16)13-15(2)3/h5-10,14-15,23H,4,11-13H2,1-3H3,(H,22,24). The van der Waals surface area contributed by atoms with Crippen LogP contribution in [0, 0.1) is 5.92 Å². The summed E-state index contributed by atoms with van der Waals surface area (Å²) in [6, 6.07) is 13.8. The molecule has 4 heteroatoms. The van der Waals surface area contributed by atoms with Crippen LogP contribution in [0.2, 0.25) is 0 Å². The molecule has 0 aliphatic rings. The van der Waals surface area contributed by atoms with Gasteiger partial charge in [0.15, 0.2) is 0 Å². The summed E-state index contributed by atoms with van der Waals surface area (Å²) in [7, 11) is 0. The molecule has 2 aromatic rings. The Morgan fingerprint density at radius 3 is 2.64 bits per heavy atom. The van der Waals surface area contributed by atoms with Crippen LogP contribution in [0.4, 0.5) is 0 Å². The van der Waals surface area contributed by atoms with Crippen LogP contribution in [-0.4, -0.2) is 30.8 Å². The van der Waals surface area contributed by atoms with Crippen LogP contribution in [-0.2, 0) is 6.42 Å². The molecule has 2 N–H and O–H groups in total. The van der Waals surface area contributed by atoms with E-state index in [9.17, 15) is 4.79 Å². The van der Waals surface area contributed by atoms with Gasteiger partial charge < -0.3 is 15.2 Å². The largest absolute Gasteiger partial charge is 0.493 e. The minimum Gasteiger partial charge on any atom is -0.493 e. The van der Waals surface area contributed by atoms with Crippen LogP contribution in [0.15, 0.2) is 42.5 Å². The van der Waals surface area contributed by atoms with E-state index >= 15 is 0 Å². The Morgan fingerprint density at radius 1 is 1.20 bits per heavy atom. The second-order valence-corrected chi connectivity index (χ2v) is 6.38. The van der Waals surface area contributed by atoms with Gasteiger partial charge in [0.1, 0.15) is 5.75 Å². The van der Waals surface area contributed by atoms with Crippen LogP contribution in [0.1, 0.15) is 36.7 Å². The van der Waals surface area contributed by atoms with E-state index in [4.69, 9.17) is 9.84 Å². The Kier molecular flexibility index (Phi) is 7.02. The van der Waals surface area contributed by atoms with Gasteiger partial charge in [-0.05, 0) is 42.5 Å². The van der Waals surface area contributed by atoms with Crippen molar-refractivity contribution in [2.24, 2.45) is 5.92 Å². The number of carbonyl (C=O) groups is 1. The number of nitrogens with one attached hydrogen (secondary N) is 1. The summed E-state index contributed by atoms with van der Waals surface area (Å²) >= 11 is 0. The molecule has 0 saturated heterocycles. The van der Waals surface area contributed by atoms with Crippen molar-refractivity contribution in [1.82, 2.24) is 5.32 Å². The van der Waals surface area contributed by atoms with Crippen molar-refractivity contribution in [3.63, 3.8) is 0 Å². The minimum absolute atomic E-state index is 0.0644. The molecule has 0 heterocycles. The van der Waals surface area contributed by atoms with Crippen molar-refractivity contribution in [3.05, 3.63) is 53.6 Å². The fourth-order valence-corrected chi connectivity index (χ4v) is 2.84. The predicted octanol–water partition coefficient (Wildman–Crippen LogP) is 3.67. The number of para-hydroxylation sites is 1. The Hall–Kier alpha value is -2.33. The molecule has 0 saturated carbocycles. The molecule has 1 amide bonds. The maximum atomic E-state index is 12.4. The summed E-state index contributed by atoms with van der Waals surface area (Å²) in [5.41, 5.74) is 3.74. The van der Waals surface area contributed by atoms with Gasteiger partial charge in [0.2, 0.25) is 0 Å². The molecule has 2 rings (SSSR count). The maximum Gasteiger partial charge on any atom is 0.251 e. The molecule has 0 bridgehead atoms. The van der Waals surface area contributed by atoms with Crippen LogP contribution in [0.5, 0.6) is 5.75 Å². The predicted molar refractivity (Wildman–Crippen MR) is 101 cm³/mol. The quantitative estimate of drug-likeness (QED) is 0.770. The van der Waals surface area contributed by atoms with Crippen LogP contribution in [0.25, 0.3) is 11.1 Å². The molecule has 4 nitrogen and oxygen atoms in total. The summed E-state index contributed by atoms with van der Waals surface area (Å²) in [6.07, 6.45) is 0.812. The zero-order valence-electron chi connectivity index (χ0n) is 15.2. The molecule has 134 valence electrons. The highest BCUT2D eigenvalue weighted by molar-refractivity contribution is 5.96. The highest BCUT2D eigenvalue weighted by Crippen LogP contribution is 2.31. The SMILES string of the molecule is CCOc1ccccc1-c1ccc(C(=O)NCCO)c(CC(C)C)c1. The third-order valence-corrected chi connectivity index (χ3v) is 3.87. The van der Waals surface area contributed by atoms with E-state index in [1.807, 2.05) is 43.3 Å². The van der Waals surface area contributed by atoms with Crippen molar-refractivity contribution in [1.29, 1.82) is 0 Å². The number of amides is 1. The lowest BCUT2D eigenvalue weighted by molar-refractivity contribution is 0.0943. The molecule has 2 aromatic carbocycles. The van der Waals surface area contributed by atoms with E-state index in [0.29, 0.717) is 18.1 Å². The number of aliphatic hydroxyl groups is 1. The number of rotatable bonds is 8. The van der Waals surface area contributed by atoms with Gasteiger partial charge in [0, 0.05) is 17.7 Å². The Balaban J connectivity index is 2.43. The van der Waals surface area contributed by atoms with Gasteiger partial charge in [-0.15, -0.1) is 0 Å². The summed E-state index contributed by atoms with van der Waals surface area (Å²) in [5, 5.41) is 11.7. The molecule has 25 heavy (non-hydrogen) atoms. The normalized spacial score (nSPS) is 10.8. The first-order chi connectivity index (χ1) is 12.1. The summed E-state index contributed by atoms with van der Waals surface area (Å²) in [6.45, 7) is 7.04. The van der Waals surface area contributed by atoms with Gasteiger partial charge >= 0.3 is 0 Å². The molecule has 0 unspecified atom stereocenters. The van der Waals surface area contributed by atoms with Crippen molar-refractivity contribution < 1.29 is 14.6 Å². The van der Waals surface area contributed by atoms with Crippen molar-refractivity contribution in [2.45, 2.75) is 27.2 Å². The molecule has 0 spiro atoms. The zero-order valence-corrected chi connectivity index (χ0v) is 15.2. The number of hydrogen-bond donors (Lipinski definition) is 2. The first-order valence-corrected chi connectivity index (χ1v) is 8.81. The van der Waals surface area contributed by atoms with Crippen molar-refractivity contribution in [3.8, 4) is 16.9 Å². The van der Waals surface area contributed by atoms with Gasteiger partial charge in [-0.2, -0.15) is 0 Å². The maximum absolute atomic E-state index is 12.4. The summed E-state index contributed by atoms with van der Waals surface area (Å²) in [5.74, 6) is 1.13. The third-order valence-electron chi connectivity index (χ3n) is 3.87. The highest BCUT2D eigenvalue weighted by Gasteiger charge is 2.15. The second-order valence-electron chi connectivity index (χ2n) is 6.38. The lowest BCUT2D eigenvalue weighted by Gasteiger charge is -2.15. The first kappa shape index (κ1) is 19.0. The lowest BCUT2D eigenvalue weighted by Crippen LogP contribution is -2.27. The monoisotopic (exact) mass is 341 g/mol. The van der Waals surface area contributed by atoms with E-state index in [0.717, 1.165) is 28.9 Å². The van der Waals surface area contributed by atoms with E-state index < -0.39 is 0 Å². The Morgan fingerprint density at radius 2 is 1.96 bits per heavy atom. The molecule has 0 aromatic heterocycles. The van der Waals surface area contributed by atoms with E-state index in [1.165, 1.54) is 0 Å². The molecule has 0 aliphatic carbocycles. The first-order valence-electron chi connectivity index (χ1n) is 8.81. The minimum atomic E-state index is -0.144. The van der Waals surface area contributed by atoms with E-state index in [-0.39, 0.29) is 19.1 Å². The van der Waals surface area contributed by atoms with Crippen molar-refractivity contribution >= 4 is 5.91 Å². The second kappa shape index (κ2) is 9.23. The smallest absolute Gasteiger partial charge is 0.251 e. The number of aliphatic hydroxyl groups excluding tert-OH is 1. The molecule has 0 fully saturated rings. The van der Waals surface area contributed by atoms with Gasteiger partial charge in [0.05, 0.1) is 13.2 Å². The number of ether oxygens (including phenoxy) is 1. The van der Waals surface area contributed by atoms with Gasteiger partial charge in [-0.25, -0.2) is 0 Å². The van der Waals surface area contributed by atoms with E-state index in [1.54, 1.807) is 0 Å². The molecule has 0 aliphatic heterocycles. The molecular weight excluding hydrogens is 314 g/mol. The average molecular weight is 341 g/mol. The van der Waals surface area contributed by atoms with Crippen LogP contribution >= 0.6 is 0 Å².